The average molecular weight is 196 g/mol. The Morgan fingerprint density at radius 1 is 1.36 bits per heavy atom. The highest BCUT2D eigenvalue weighted by Gasteiger charge is 2.15. The van der Waals surface area contributed by atoms with Crippen molar-refractivity contribution in [2.24, 2.45) is 0 Å². The fourth-order valence-corrected chi connectivity index (χ4v) is 1.36. The molecule has 4 heteroatoms. The number of furan rings is 1. The number of benzene rings is 1. The van der Waals surface area contributed by atoms with Gasteiger partial charge in [0, 0.05) is 5.39 Å². The van der Waals surface area contributed by atoms with Crippen molar-refractivity contribution in [2.45, 2.75) is 6.92 Å². The summed E-state index contributed by atoms with van der Waals surface area (Å²) in [5, 5.41) is 0.322. The zero-order valence-electron chi connectivity index (χ0n) is 7.30. The van der Waals surface area contributed by atoms with E-state index in [4.69, 9.17) is 4.42 Å². The number of aryl methyl sites for hydroxylation is 1. The van der Waals surface area contributed by atoms with Crippen LogP contribution < -0.4 is 0 Å². The van der Waals surface area contributed by atoms with E-state index in [0.717, 1.165) is 6.07 Å². The Labute approximate surface area is 78.1 Å². The third-order valence-electron chi connectivity index (χ3n) is 1.98. The zero-order chi connectivity index (χ0) is 10.3. The molecule has 1 heterocycles. The van der Waals surface area contributed by atoms with Crippen molar-refractivity contribution in [3.8, 4) is 0 Å². The molecule has 14 heavy (non-hydrogen) atoms. The van der Waals surface area contributed by atoms with Gasteiger partial charge in [0.1, 0.15) is 11.6 Å². The minimum Gasteiger partial charge on any atom is -0.458 e. The van der Waals surface area contributed by atoms with Crippen LogP contribution in [-0.2, 0) is 0 Å². The van der Waals surface area contributed by atoms with E-state index in [2.05, 4.69) is 0 Å². The summed E-state index contributed by atoms with van der Waals surface area (Å²) in [6.07, 6.45) is 0.141. The second-order valence-corrected chi connectivity index (χ2v) is 2.98. The molecule has 0 N–H and O–H groups in total. The van der Waals surface area contributed by atoms with E-state index in [1.807, 2.05) is 0 Å². The van der Waals surface area contributed by atoms with Crippen molar-refractivity contribution in [3.63, 3.8) is 0 Å². The van der Waals surface area contributed by atoms with Crippen LogP contribution in [0.3, 0.4) is 0 Å². The molecule has 2 rings (SSSR count). The molecule has 0 atom stereocenters. The Bertz CT molecular complexity index is 514. The van der Waals surface area contributed by atoms with Gasteiger partial charge >= 0.3 is 0 Å². The van der Waals surface area contributed by atoms with E-state index in [0.29, 0.717) is 11.1 Å². The van der Waals surface area contributed by atoms with Crippen LogP contribution in [0.5, 0.6) is 0 Å². The Hall–Kier alpha value is -1.71. The summed E-state index contributed by atoms with van der Waals surface area (Å²) in [7, 11) is 0. The molecule has 0 spiro atoms. The molecule has 1 aromatic carbocycles. The van der Waals surface area contributed by atoms with E-state index < -0.39 is 17.2 Å². The van der Waals surface area contributed by atoms with Gasteiger partial charge in [-0.1, -0.05) is 0 Å². The van der Waals surface area contributed by atoms with Gasteiger partial charge in [-0.3, -0.25) is 4.79 Å². The number of fused-ring (bicyclic) bond motifs is 1. The molecular weight excluding hydrogens is 190 g/mol. The van der Waals surface area contributed by atoms with Gasteiger partial charge in [0.15, 0.2) is 17.7 Å². The second-order valence-electron chi connectivity index (χ2n) is 2.98. The van der Waals surface area contributed by atoms with E-state index in [1.54, 1.807) is 6.92 Å². The summed E-state index contributed by atoms with van der Waals surface area (Å²) in [5.74, 6) is -1.34. The number of hydrogen-bond donors (Lipinski definition) is 0. The molecule has 0 bridgehead atoms. The van der Waals surface area contributed by atoms with E-state index >= 15 is 0 Å². The molecule has 0 fully saturated rings. The van der Waals surface area contributed by atoms with Gasteiger partial charge in [0.25, 0.3) is 0 Å². The number of carbonyl (C=O) groups excluding carboxylic acids is 1. The highest BCUT2D eigenvalue weighted by Crippen LogP contribution is 2.25. The molecule has 72 valence electrons. The summed E-state index contributed by atoms with van der Waals surface area (Å²) in [6, 6.07) is 2.59. The monoisotopic (exact) mass is 196 g/mol. The Morgan fingerprint density at radius 3 is 2.71 bits per heavy atom. The number of hydrogen-bond acceptors (Lipinski definition) is 2. The first kappa shape index (κ1) is 8.87. The van der Waals surface area contributed by atoms with E-state index in [-0.39, 0.29) is 11.9 Å². The lowest BCUT2D eigenvalue weighted by atomic mass is 10.1. The third kappa shape index (κ3) is 1.11. The quantitative estimate of drug-likeness (QED) is 0.656. The molecule has 0 saturated carbocycles. The molecule has 2 nitrogen and oxygen atoms in total. The molecule has 0 aliphatic carbocycles. The first-order chi connectivity index (χ1) is 6.63. The fourth-order valence-electron chi connectivity index (χ4n) is 1.36. The lowest BCUT2D eigenvalue weighted by Crippen LogP contribution is -1.93. The van der Waals surface area contributed by atoms with Crippen LogP contribution in [0.2, 0.25) is 0 Å². The van der Waals surface area contributed by atoms with Gasteiger partial charge < -0.3 is 4.42 Å². The van der Waals surface area contributed by atoms with E-state index in [1.165, 1.54) is 6.07 Å². The van der Waals surface area contributed by atoms with Crippen LogP contribution in [0.15, 0.2) is 16.5 Å². The van der Waals surface area contributed by atoms with Gasteiger partial charge in [-0.25, -0.2) is 8.78 Å². The average Bonchev–Trinajstić information content (AvgIpc) is 2.47. The topological polar surface area (TPSA) is 30.2 Å². The van der Waals surface area contributed by atoms with Gasteiger partial charge in [-0.2, -0.15) is 0 Å². The van der Waals surface area contributed by atoms with Crippen molar-refractivity contribution in [1.82, 2.24) is 0 Å². The molecular formula is C10H6F2O2. The van der Waals surface area contributed by atoms with Crippen molar-refractivity contribution < 1.29 is 18.0 Å². The van der Waals surface area contributed by atoms with Gasteiger partial charge in [0.05, 0.1) is 5.56 Å². The molecule has 0 aliphatic rings. The molecule has 0 unspecified atom stereocenters. The van der Waals surface area contributed by atoms with Gasteiger partial charge in [-0.05, 0) is 19.1 Å². The SMILES string of the molecule is Cc1cc2cc(F)c(C=O)c(F)c2o1. The predicted octanol–water partition coefficient (Wildman–Crippen LogP) is 2.83. The maximum atomic E-state index is 13.4. The van der Waals surface area contributed by atoms with Crippen molar-refractivity contribution in [2.75, 3.05) is 0 Å². The third-order valence-corrected chi connectivity index (χ3v) is 1.98. The second kappa shape index (κ2) is 2.90. The highest BCUT2D eigenvalue weighted by molar-refractivity contribution is 5.87. The summed E-state index contributed by atoms with van der Waals surface area (Å²) in [4.78, 5) is 10.4. The predicted molar refractivity (Wildman–Crippen MR) is 46.3 cm³/mol. The van der Waals surface area contributed by atoms with Crippen molar-refractivity contribution in [3.05, 3.63) is 35.1 Å². The first-order valence-electron chi connectivity index (χ1n) is 3.97. The Morgan fingerprint density at radius 2 is 2.07 bits per heavy atom. The number of halogens is 2. The van der Waals surface area contributed by atoms with Crippen molar-refractivity contribution in [1.29, 1.82) is 0 Å². The number of rotatable bonds is 1. The van der Waals surface area contributed by atoms with Crippen molar-refractivity contribution >= 4 is 17.3 Å². The van der Waals surface area contributed by atoms with Gasteiger partial charge in [-0.15, -0.1) is 0 Å². The largest absolute Gasteiger partial charge is 0.458 e. The summed E-state index contributed by atoms with van der Waals surface area (Å²) < 4.78 is 31.5. The van der Waals surface area contributed by atoms with Crippen LogP contribution in [0.1, 0.15) is 16.1 Å². The summed E-state index contributed by atoms with van der Waals surface area (Å²) in [5.41, 5.74) is -0.669. The molecule has 0 saturated heterocycles. The Kier molecular flexibility index (Phi) is 1.84. The maximum absolute atomic E-state index is 13.4. The Balaban J connectivity index is 2.91. The van der Waals surface area contributed by atoms with Crippen LogP contribution in [0.4, 0.5) is 8.78 Å². The molecule has 1 aromatic heterocycles. The molecule has 0 amide bonds. The van der Waals surface area contributed by atoms with Gasteiger partial charge in [0.2, 0.25) is 0 Å². The fraction of sp³-hybridized carbons (Fsp3) is 0.100. The maximum Gasteiger partial charge on any atom is 0.179 e. The van der Waals surface area contributed by atoms with Crippen LogP contribution >= 0.6 is 0 Å². The molecule has 0 aliphatic heterocycles. The standard InChI is InChI=1S/C10H6F2O2/c1-5-2-6-3-8(11)7(4-13)9(12)10(6)14-5/h2-4H,1H3. The lowest BCUT2D eigenvalue weighted by molar-refractivity contribution is 0.111. The zero-order valence-corrected chi connectivity index (χ0v) is 7.30. The summed E-state index contributed by atoms with van der Waals surface area (Å²) in [6.45, 7) is 1.62. The minimum absolute atomic E-state index is 0.0778. The smallest absolute Gasteiger partial charge is 0.179 e. The van der Waals surface area contributed by atoms with Crippen LogP contribution in [0, 0.1) is 18.6 Å². The first-order valence-corrected chi connectivity index (χ1v) is 3.97. The number of carbonyl (C=O) groups is 1. The van der Waals surface area contributed by atoms with Crippen LogP contribution in [-0.4, -0.2) is 6.29 Å². The number of aldehydes is 1. The van der Waals surface area contributed by atoms with Crippen LogP contribution in [0.25, 0.3) is 11.0 Å². The highest BCUT2D eigenvalue weighted by atomic mass is 19.1. The molecule has 2 aromatic rings. The minimum atomic E-state index is -0.942. The normalized spacial score (nSPS) is 10.8. The molecule has 0 radical (unpaired) electrons. The summed E-state index contributed by atoms with van der Waals surface area (Å²) >= 11 is 0. The van der Waals surface area contributed by atoms with E-state index in [9.17, 15) is 13.6 Å². The lowest BCUT2D eigenvalue weighted by Gasteiger charge is -1.97.